The molecular formula is C16H18N4OS. The average Bonchev–Trinajstić information content (AvgIpc) is 3.17. The molecule has 2 N–H and O–H groups in total. The van der Waals surface area contributed by atoms with Crippen molar-refractivity contribution in [3.05, 3.63) is 57.5 Å². The summed E-state index contributed by atoms with van der Waals surface area (Å²) in [5.74, 6) is 0.770. The Bertz CT molecular complexity index is 765. The third-order valence-electron chi connectivity index (χ3n) is 3.52. The van der Waals surface area contributed by atoms with Crippen LogP contribution in [0.4, 0.5) is 0 Å². The molecule has 0 atom stereocenters. The van der Waals surface area contributed by atoms with Crippen LogP contribution < -0.4 is 10.5 Å². The van der Waals surface area contributed by atoms with E-state index in [1.54, 1.807) is 18.4 Å². The van der Waals surface area contributed by atoms with E-state index < -0.39 is 0 Å². The first-order valence-corrected chi connectivity index (χ1v) is 7.91. The summed E-state index contributed by atoms with van der Waals surface area (Å²) >= 11 is 1.72. The summed E-state index contributed by atoms with van der Waals surface area (Å²) in [6, 6.07) is 10.2. The molecule has 5 nitrogen and oxygen atoms in total. The molecule has 0 aliphatic rings. The van der Waals surface area contributed by atoms with Crippen molar-refractivity contribution in [1.29, 1.82) is 0 Å². The summed E-state index contributed by atoms with van der Waals surface area (Å²) < 4.78 is 7.31. The molecule has 0 bridgehead atoms. The van der Waals surface area contributed by atoms with Gasteiger partial charge >= 0.3 is 0 Å². The highest BCUT2D eigenvalue weighted by Gasteiger charge is 2.17. The Kier molecular flexibility index (Phi) is 4.22. The minimum absolute atomic E-state index is 0.370. The largest absolute Gasteiger partial charge is 0.494 e. The van der Waals surface area contributed by atoms with Gasteiger partial charge in [0.25, 0.3) is 0 Å². The quantitative estimate of drug-likeness (QED) is 0.786. The summed E-state index contributed by atoms with van der Waals surface area (Å²) in [6.07, 6.45) is 0.758. The summed E-state index contributed by atoms with van der Waals surface area (Å²) in [6.45, 7) is 2.41. The van der Waals surface area contributed by atoms with Crippen LogP contribution in [0.2, 0.25) is 0 Å². The van der Waals surface area contributed by atoms with E-state index in [1.807, 2.05) is 35.9 Å². The van der Waals surface area contributed by atoms with E-state index in [0.29, 0.717) is 6.54 Å². The number of ether oxygens (including phenoxy) is 1. The maximum Gasteiger partial charge on any atom is 0.144 e. The fraction of sp³-hybridized carbons (Fsp3) is 0.250. The second-order valence-corrected chi connectivity index (χ2v) is 6.06. The van der Waals surface area contributed by atoms with Gasteiger partial charge in [-0.1, -0.05) is 17.3 Å². The smallest absolute Gasteiger partial charge is 0.144 e. The molecule has 3 rings (SSSR count). The van der Waals surface area contributed by atoms with Crippen LogP contribution in [0.15, 0.2) is 35.7 Å². The summed E-state index contributed by atoms with van der Waals surface area (Å²) in [7, 11) is 1.66. The van der Waals surface area contributed by atoms with E-state index >= 15 is 0 Å². The third-order valence-corrected chi connectivity index (χ3v) is 4.40. The number of nitrogens with two attached hydrogens (primary N) is 1. The molecular weight excluding hydrogens is 296 g/mol. The Balaban J connectivity index is 2.11. The van der Waals surface area contributed by atoms with Crippen LogP contribution in [0.1, 0.15) is 21.8 Å². The van der Waals surface area contributed by atoms with Gasteiger partial charge in [-0.25, -0.2) is 4.68 Å². The topological polar surface area (TPSA) is 66.0 Å². The Morgan fingerprint density at radius 1 is 1.32 bits per heavy atom. The lowest BCUT2D eigenvalue weighted by Gasteiger charge is -2.12. The van der Waals surface area contributed by atoms with E-state index in [0.717, 1.165) is 34.8 Å². The highest BCUT2D eigenvalue weighted by molar-refractivity contribution is 7.09. The molecule has 0 saturated carbocycles. The Morgan fingerprint density at radius 2 is 2.18 bits per heavy atom. The van der Waals surface area contributed by atoms with Crippen LogP contribution in [-0.2, 0) is 13.0 Å². The van der Waals surface area contributed by atoms with Gasteiger partial charge in [-0.05, 0) is 36.1 Å². The van der Waals surface area contributed by atoms with Gasteiger partial charge in [-0.3, -0.25) is 0 Å². The zero-order valence-corrected chi connectivity index (χ0v) is 13.4. The van der Waals surface area contributed by atoms with Gasteiger partial charge in [-0.2, -0.15) is 0 Å². The lowest BCUT2D eigenvalue weighted by molar-refractivity contribution is 0.411. The number of thiophene rings is 1. The molecule has 0 aliphatic heterocycles. The van der Waals surface area contributed by atoms with Crippen molar-refractivity contribution >= 4 is 11.3 Å². The number of hydrogen-bond acceptors (Lipinski definition) is 5. The predicted octanol–water partition coefficient (Wildman–Crippen LogP) is 2.70. The molecule has 0 spiro atoms. The number of rotatable bonds is 5. The van der Waals surface area contributed by atoms with E-state index in [9.17, 15) is 0 Å². The van der Waals surface area contributed by atoms with E-state index in [2.05, 4.69) is 21.8 Å². The van der Waals surface area contributed by atoms with Crippen molar-refractivity contribution in [3.63, 3.8) is 0 Å². The zero-order chi connectivity index (χ0) is 15.5. The minimum atomic E-state index is 0.370. The fourth-order valence-corrected chi connectivity index (χ4v) is 3.11. The Labute approximate surface area is 133 Å². The number of aromatic nitrogens is 3. The molecule has 1 aromatic carbocycles. The molecule has 114 valence electrons. The third kappa shape index (κ3) is 2.75. The van der Waals surface area contributed by atoms with E-state index in [4.69, 9.17) is 10.5 Å². The highest BCUT2D eigenvalue weighted by atomic mass is 32.1. The molecule has 0 amide bonds. The Hall–Kier alpha value is -2.18. The molecule has 6 heteroatoms. The van der Waals surface area contributed by atoms with Crippen molar-refractivity contribution in [2.24, 2.45) is 5.73 Å². The van der Waals surface area contributed by atoms with Crippen molar-refractivity contribution in [1.82, 2.24) is 15.0 Å². The minimum Gasteiger partial charge on any atom is -0.494 e. The highest BCUT2D eigenvalue weighted by Crippen LogP contribution is 2.27. The summed E-state index contributed by atoms with van der Waals surface area (Å²) in [5, 5.41) is 10.6. The van der Waals surface area contributed by atoms with Gasteiger partial charge < -0.3 is 10.5 Å². The van der Waals surface area contributed by atoms with Gasteiger partial charge in [0.15, 0.2) is 0 Å². The number of methoxy groups -OCH3 is 1. The molecule has 2 aromatic heterocycles. The lowest BCUT2D eigenvalue weighted by Crippen LogP contribution is -2.08. The van der Waals surface area contributed by atoms with Gasteiger partial charge in [0.05, 0.1) is 12.8 Å². The van der Waals surface area contributed by atoms with Gasteiger partial charge in [0, 0.05) is 17.8 Å². The second kappa shape index (κ2) is 6.29. The number of nitrogens with zero attached hydrogens (tertiary/aromatic N) is 3. The van der Waals surface area contributed by atoms with Crippen molar-refractivity contribution in [3.8, 4) is 11.4 Å². The molecule has 0 unspecified atom stereocenters. The molecule has 0 saturated heterocycles. The van der Waals surface area contributed by atoms with Crippen molar-refractivity contribution < 1.29 is 4.74 Å². The molecule has 0 aliphatic carbocycles. The SMILES string of the molecule is COc1ccc(C)cc1-n1nnc(CN)c1Cc1cccs1. The van der Waals surface area contributed by atoms with Crippen LogP contribution in [0.25, 0.3) is 5.69 Å². The molecule has 3 aromatic rings. The summed E-state index contributed by atoms with van der Waals surface area (Å²) in [5.41, 5.74) is 9.68. The number of benzene rings is 1. The normalized spacial score (nSPS) is 10.9. The van der Waals surface area contributed by atoms with Crippen LogP contribution in [0.5, 0.6) is 5.75 Å². The zero-order valence-electron chi connectivity index (χ0n) is 12.6. The maximum absolute atomic E-state index is 5.83. The van der Waals surface area contributed by atoms with Crippen LogP contribution in [0, 0.1) is 6.92 Å². The standard InChI is InChI=1S/C16H18N4OS/c1-11-5-6-16(21-2)15(8-11)20-14(13(10-17)18-19-20)9-12-4-3-7-22-12/h3-8H,9-10,17H2,1-2H3. The first-order chi connectivity index (χ1) is 10.7. The number of hydrogen-bond donors (Lipinski definition) is 1. The fourth-order valence-electron chi connectivity index (χ4n) is 2.41. The van der Waals surface area contributed by atoms with Gasteiger partial charge in [0.2, 0.25) is 0 Å². The van der Waals surface area contributed by atoms with Crippen molar-refractivity contribution in [2.75, 3.05) is 7.11 Å². The Morgan fingerprint density at radius 3 is 2.86 bits per heavy atom. The monoisotopic (exact) mass is 314 g/mol. The molecule has 22 heavy (non-hydrogen) atoms. The van der Waals surface area contributed by atoms with Gasteiger partial charge in [-0.15, -0.1) is 16.4 Å². The first kappa shape index (κ1) is 14.7. The van der Waals surface area contributed by atoms with Crippen LogP contribution in [-0.4, -0.2) is 22.1 Å². The average molecular weight is 314 g/mol. The van der Waals surface area contributed by atoms with E-state index in [1.165, 1.54) is 4.88 Å². The van der Waals surface area contributed by atoms with Crippen LogP contribution in [0.3, 0.4) is 0 Å². The summed E-state index contributed by atoms with van der Waals surface area (Å²) in [4.78, 5) is 1.25. The van der Waals surface area contributed by atoms with Gasteiger partial charge in [0.1, 0.15) is 17.1 Å². The maximum atomic E-state index is 5.83. The molecule has 0 fully saturated rings. The predicted molar refractivity (Wildman–Crippen MR) is 87.7 cm³/mol. The molecule has 2 heterocycles. The number of aryl methyl sites for hydroxylation is 1. The second-order valence-electron chi connectivity index (χ2n) is 5.03. The van der Waals surface area contributed by atoms with Crippen LogP contribution >= 0.6 is 11.3 Å². The van der Waals surface area contributed by atoms with Crippen molar-refractivity contribution in [2.45, 2.75) is 19.9 Å². The molecule has 0 radical (unpaired) electrons. The first-order valence-electron chi connectivity index (χ1n) is 7.04. The lowest BCUT2D eigenvalue weighted by atomic mass is 10.1. The van der Waals surface area contributed by atoms with E-state index in [-0.39, 0.29) is 0 Å².